The number of nitrogens with zero attached hydrogens (tertiary/aromatic N) is 1. The Bertz CT molecular complexity index is 819. The van der Waals surface area contributed by atoms with Crippen molar-refractivity contribution in [1.29, 1.82) is 0 Å². The molecule has 0 aliphatic carbocycles. The van der Waals surface area contributed by atoms with Gasteiger partial charge in [-0.15, -0.1) is 5.06 Å². The first-order valence-electron chi connectivity index (χ1n) is 13.6. The van der Waals surface area contributed by atoms with Crippen LogP contribution in [-0.2, 0) is 9.63 Å². The highest BCUT2D eigenvalue weighted by molar-refractivity contribution is 5.86. The molecular formula is C30H47NO3. The Balaban J connectivity index is 1.92. The number of ether oxygens (including phenoxy) is 1. The molecule has 2 rings (SSSR count). The van der Waals surface area contributed by atoms with Crippen molar-refractivity contribution >= 4 is 16.7 Å². The number of rotatable bonds is 18. The highest BCUT2D eigenvalue weighted by atomic mass is 16.7. The second-order valence-corrected chi connectivity index (χ2v) is 9.57. The summed E-state index contributed by atoms with van der Waals surface area (Å²) < 4.78 is 5.32. The molecule has 0 aliphatic heterocycles. The Kier molecular flexibility index (Phi) is 13.7. The molecule has 0 fully saturated rings. The fourth-order valence-electron chi connectivity index (χ4n) is 4.32. The molecule has 0 amide bonds. The Morgan fingerprint density at radius 1 is 0.765 bits per heavy atom. The second-order valence-electron chi connectivity index (χ2n) is 9.57. The molecule has 0 saturated carbocycles. The highest BCUT2D eigenvalue weighted by Crippen LogP contribution is 2.26. The van der Waals surface area contributed by atoms with Crippen LogP contribution in [0.1, 0.15) is 109 Å². The molecule has 0 aliphatic rings. The van der Waals surface area contributed by atoms with Crippen LogP contribution in [0.25, 0.3) is 10.8 Å². The van der Waals surface area contributed by atoms with Crippen molar-refractivity contribution in [3.63, 3.8) is 0 Å². The lowest BCUT2D eigenvalue weighted by Gasteiger charge is -2.23. The third kappa shape index (κ3) is 10.0. The van der Waals surface area contributed by atoms with E-state index in [1.165, 1.54) is 64.2 Å². The number of carbonyl (C=O) groups is 1. The predicted molar refractivity (Wildman–Crippen MR) is 143 cm³/mol. The molecule has 0 saturated heterocycles. The zero-order valence-electron chi connectivity index (χ0n) is 22.1. The Morgan fingerprint density at radius 3 is 1.88 bits per heavy atom. The van der Waals surface area contributed by atoms with Crippen molar-refractivity contribution < 1.29 is 14.4 Å². The first-order valence-corrected chi connectivity index (χ1v) is 13.6. The van der Waals surface area contributed by atoms with Gasteiger partial charge in [0.2, 0.25) is 0 Å². The number of benzene rings is 2. The molecule has 0 aromatic heterocycles. The van der Waals surface area contributed by atoms with Gasteiger partial charge in [-0.25, -0.2) is 4.79 Å². The zero-order valence-corrected chi connectivity index (χ0v) is 22.1. The van der Waals surface area contributed by atoms with E-state index < -0.39 is 0 Å². The summed E-state index contributed by atoms with van der Waals surface area (Å²) in [7, 11) is 1.68. The number of hydrogen-bond donors (Lipinski definition) is 0. The summed E-state index contributed by atoms with van der Waals surface area (Å²) in [5.41, 5.74) is 0.988. The third-order valence-corrected chi connectivity index (χ3v) is 6.67. The first kappa shape index (κ1) is 28.2. The lowest BCUT2D eigenvalue weighted by Crippen LogP contribution is -2.31. The van der Waals surface area contributed by atoms with Gasteiger partial charge in [-0.1, -0.05) is 102 Å². The topological polar surface area (TPSA) is 38.8 Å². The smallest absolute Gasteiger partial charge is 0.332 e. The Hall–Kier alpha value is -2.07. The van der Waals surface area contributed by atoms with E-state index in [0.717, 1.165) is 48.0 Å². The quantitative estimate of drug-likeness (QED) is 0.162. The van der Waals surface area contributed by atoms with Gasteiger partial charge < -0.3 is 9.57 Å². The van der Waals surface area contributed by atoms with Gasteiger partial charge in [-0.3, -0.25) is 0 Å². The molecule has 190 valence electrons. The normalized spacial score (nSPS) is 12.3. The molecule has 0 N–H and O–H groups in total. The van der Waals surface area contributed by atoms with Gasteiger partial charge in [0, 0.05) is 13.1 Å². The largest absolute Gasteiger partial charge is 0.497 e. The van der Waals surface area contributed by atoms with Gasteiger partial charge >= 0.3 is 5.97 Å². The van der Waals surface area contributed by atoms with Crippen LogP contribution < -0.4 is 4.74 Å². The Morgan fingerprint density at radius 2 is 1.29 bits per heavy atom. The fraction of sp³-hybridized carbons (Fsp3) is 0.633. The maximum atomic E-state index is 13.1. The minimum Gasteiger partial charge on any atom is -0.497 e. The summed E-state index contributed by atoms with van der Waals surface area (Å²) >= 11 is 0. The van der Waals surface area contributed by atoms with Gasteiger partial charge in [0.25, 0.3) is 0 Å². The lowest BCUT2D eigenvalue weighted by atomic mass is 9.98. The molecule has 4 nitrogen and oxygen atoms in total. The van der Waals surface area contributed by atoms with Crippen LogP contribution in [0.15, 0.2) is 36.4 Å². The van der Waals surface area contributed by atoms with Gasteiger partial charge in [0.15, 0.2) is 0 Å². The van der Waals surface area contributed by atoms with Crippen LogP contribution in [0, 0.1) is 0 Å². The van der Waals surface area contributed by atoms with Gasteiger partial charge in [0.05, 0.1) is 13.0 Å². The van der Waals surface area contributed by atoms with E-state index in [4.69, 9.17) is 9.57 Å². The SMILES string of the molecule is CCCCCCCCN(CCCCCCCC)OC(=O)C(C)c1ccc2cc(OC)ccc2c1. The van der Waals surface area contributed by atoms with Crippen LogP contribution in [0.5, 0.6) is 5.75 Å². The van der Waals surface area contributed by atoms with Crippen molar-refractivity contribution in [2.75, 3.05) is 20.2 Å². The zero-order chi connectivity index (χ0) is 24.6. The summed E-state index contributed by atoms with van der Waals surface area (Å²) in [6, 6.07) is 12.2. The van der Waals surface area contributed by atoms with Gasteiger partial charge in [0.1, 0.15) is 5.75 Å². The molecule has 0 bridgehead atoms. The highest BCUT2D eigenvalue weighted by Gasteiger charge is 2.21. The average Bonchev–Trinajstić information content (AvgIpc) is 2.86. The number of hydroxylamine groups is 2. The number of hydrogen-bond acceptors (Lipinski definition) is 4. The molecule has 0 radical (unpaired) electrons. The van der Waals surface area contributed by atoms with Crippen LogP contribution >= 0.6 is 0 Å². The van der Waals surface area contributed by atoms with E-state index in [0.29, 0.717) is 0 Å². The number of carbonyl (C=O) groups excluding carboxylic acids is 1. The van der Waals surface area contributed by atoms with Crippen LogP contribution in [0.3, 0.4) is 0 Å². The molecular weight excluding hydrogens is 422 g/mol. The first-order chi connectivity index (χ1) is 16.6. The standard InChI is InChI=1S/C30H47NO3/c1-5-7-9-11-13-15-21-31(22-16-14-12-10-8-6-2)34-30(32)25(3)26-17-18-28-24-29(33-4)20-19-27(28)23-26/h17-20,23-25H,5-16,21-22H2,1-4H3. The van der Waals surface area contributed by atoms with Crippen LogP contribution in [0.4, 0.5) is 0 Å². The number of fused-ring (bicyclic) bond motifs is 1. The van der Waals surface area contributed by atoms with Crippen LogP contribution in [0.2, 0.25) is 0 Å². The van der Waals surface area contributed by atoms with E-state index in [-0.39, 0.29) is 11.9 Å². The Labute approximate surface area is 208 Å². The molecule has 0 spiro atoms. The second kappa shape index (κ2) is 16.5. The minimum atomic E-state index is -0.303. The maximum absolute atomic E-state index is 13.1. The molecule has 0 heterocycles. The summed E-state index contributed by atoms with van der Waals surface area (Å²) in [6.45, 7) is 8.10. The minimum absolute atomic E-state index is 0.162. The maximum Gasteiger partial charge on any atom is 0.332 e. The average molecular weight is 470 g/mol. The van der Waals surface area contributed by atoms with Crippen molar-refractivity contribution in [3.05, 3.63) is 42.0 Å². The molecule has 1 unspecified atom stereocenters. The fourth-order valence-corrected chi connectivity index (χ4v) is 4.32. The lowest BCUT2D eigenvalue weighted by molar-refractivity contribution is -0.193. The molecule has 34 heavy (non-hydrogen) atoms. The third-order valence-electron chi connectivity index (χ3n) is 6.67. The summed E-state index contributed by atoms with van der Waals surface area (Å²) in [4.78, 5) is 19.0. The van der Waals surface area contributed by atoms with E-state index >= 15 is 0 Å². The monoisotopic (exact) mass is 469 g/mol. The molecule has 4 heteroatoms. The number of methoxy groups -OCH3 is 1. The van der Waals surface area contributed by atoms with Crippen molar-refractivity contribution in [2.24, 2.45) is 0 Å². The van der Waals surface area contributed by atoms with Crippen LogP contribution in [-0.4, -0.2) is 31.2 Å². The van der Waals surface area contributed by atoms with E-state index in [1.54, 1.807) is 7.11 Å². The van der Waals surface area contributed by atoms with E-state index in [2.05, 4.69) is 26.0 Å². The summed E-state index contributed by atoms with van der Waals surface area (Å²) in [5.74, 6) is 0.376. The van der Waals surface area contributed by atoms with Crippen molar-refractivity contribution in [3.8, 4) is 5.75 Å². The molecule has 2 aromatic rings. The summed E-state index contributed by atoms with van der Waals surface area (Å²) in [6.07, 6.45) is 14.9. The van der Waals surface area contributed by atoms with E-state index in [1.807, 2.05) is 36.3 Å². The molecule has 2 aromatic carbocycles. The number of unbranched alkanes of at least 4 members (excludes halogenated alkanes) is 10. The van der Waals surface area contributed by atoms with Crippen molar-refractivity contribution in [1.82, 2.24) is 5.06 Å². The molecule has 1 atom stereocenters. The van der Waals surface area contributed by atoms with Gasteiger partial charge in [-0.05, 0) is 48.2 Å². The predicted octanol–water partition coefficient (Wildman–Crippen LogP) is 8.43. The van der Waals surface area contributed by atoms with Crippen molar-refractivity contribution in [2.45, 2.75) is 104 Å². The van der Waals surface area contributed by atoms with E-state index in [9.17, 15) is 4.79 Å². The van der Waals surface area contributed by atoms with Gasteiger partial charge in [-0.2, -0.15) is 0 Å². The summed E-state index contributed by atoms with van der Waals surface area (Å²) in [5, 5.41) is 4.15.